The molecule has 1 aromatic rings. The van der Waals surface area contributed by atoms with Crippen LogP contribution in [0.1, 0.15) is 62.4 Å². The van der Waals surface area contributed by atoms with E-state index in [-0.39, 0.29) is 0 Å². The van der Waals surface area contributed by atoms with Crippen LogP contribution in [0.25, 0.3) is 0 Å². The first-order chi connectivity index (χ1) is 8.74. The third kappa shape index (κ3) is 2.50. The molecule has 1 N–H and O–H groups in total. The molecule has 1 heterocycles. The van der Waals surface area contributed by atoms with E-state index in [1.807, 2.05) is 11.3 Å². The minimum absolute atomic E-state index is 0.637. The molecule has 0 aliphatic heterocycles. The molecule has 100 valence electrons. The third-order valence-electron chi connectivity index (χ3n) is 4.93. The van der Waals surface area contributed by atoms with E-state index in [2.05, 4.69) is 30.6 Å². The summed E-state index contributed by atoms with van der Waals surface area (Å²) in [6.45, 7) is 4.85. The highest BCUT2D eigenvalue weighted by Crippen LogP contribution is 2.36. The molecule has 0 radical (unpaired) electrons. The van der Waals surface area contributed by atoms with Crippen LogP contribution >= 0.6 is 11.3 Å². The molecule has 0 bridgehead atoms. The molecule has 4 unspecified atom stereocenters. The largest absolute Gasteiger partial charge is 0.307 e. The lowest BCUT2D eigenvalue weighted by Gasteiger charge is -2.37. The average molecular weight is 263 g/mol. The zero-order valence-corrected chi connectivity index (χ0v) is 12.4. The highest BCUT2D eigenvalue weighted by atomic mass is 32.1. The van der Waals surface area contributed by atoms with Crippen molar-refractivity contribution in [1.29, 1.82) is 0 Å². The van der Waals surface area contributed by atoms with Crippen molar-refractivity contribution < 1.29 is 0 Å². The van der Waals surface area contributed by atoms with E-state index in [0.717, 1.165) is 17.9 Å². The summed E-state index contributed by atoms with van der Waals surface area (Å²) in [6, 6.07) is 3.73. The number of hydrogen-bond donors (Lipinski definition) is 1. The molecule has 1 nitrogen and oxygen atoms in total. The first-order valence-corrected chi connectivity index (χ1v) is 8.44. The first-order valence-electron chi connectivity index (χ1n) is 7.56. The van der Waals surface area contributed by atoms with Gasteiger partial charge in [-0.05, 0) is 60.9 Å². The number of nitrogens with one attached hydrogen (secondary N) is 1. The lowest BCUT2D eigenvalue weighted by atomic mass is 9.79. The van der Waals surface area contributed by atoms with Crippen molar-refractivity contribution in [1.82, 2.24) is 5.32 Å². The zero-order chi connectivity index (χ0) is 12.5. The highest BCUT2D eigenvalue weighted by Gasteiger charge is 2.29. The van der Waals surface area contributed by atoms with Crippen molar-refractivity contribution in [2.24, 2.45) is 11.8 Å². The Morgan fingerprint density at radius 3 is 3.00 bits per heavy atom. The molecule has 2 aliphatic rings. The molecular formula is C16H25NS. The molecule has 0 spiro atoms. The van der Waals surface area contributed by atoms with Crippen molar-refractivity contribution in [3.05, 3.63) is 21.9 Å². The predicted octanol–water partition coefficient (Wildman–Crippen LogP) is 4.54. The molecule has 3 rings (SSSR count). The van der Waals surface area contributed by atoms with E-state index in [1.165, 1.54) is 38.5 Å². The fourth-order valence-electron chi connectivity index (χ4n) is 3.68. The van der Waals surface area contributed by atoms with Crippen molar-refractivity contribution in [3.8, 4) is 0 Å². The van der Waals surface area contributed by atoms with Gasteiger partial charge in [-0.1, -0.05) is 20.3 Å². The Hall–Kier alpha value is -0.340. The van der Waals surface area contributed by atoms with Gasteiger partial charge < -0.3 is 5.32 Å². The SMILES string of the molecule is CC1CCC(C)C(NC2CCCc3sccc32)C1. The van der Waals surface area contributed by atoms with Gasteiger partial charge in [-0.15, -0.1) is 11.3 Å². The van der Waals surface area contributed by atoms with Crippen LogP contribution in [0.4, 0.5) is 0 Å². The summed E-state index contributed by atoms with van der Waals surface area (Å²) in [7, 11) is 0. The van der Waals surface area contributed by atoms with Crippen LogP contribution in [0.3, 0.4) is 0 Å². The summed E-state index contributed by atoms with van der Waals surface area (Å²) in [5, 5.41) is 6.26. The van der Waals surface area contributed by atoms with Gasteiger partial charge in [-0.25, -0.2) is 0 Å². The van der Waals surface area contributed by atoms with Gasteiger partial charge in [-0.2, -0.15) is 0 Å². The van der Waals surface area contributed by atoms with Gasteiger partial charge >= 0.3 is 0 Å². The maximum Gasteiger partial charge on any atom is 0.0333 e. The molecule has 0 aromatic carbocycles. The number of rotatable bonds is 2. The van der Waals surface area contributed by atoms with Crippen LogP contribution in [-0.2, 0) is 6.42 Å². The minimum atomic E-state index is 0.637. The van der Waals surface area contributed by atoms with Crippen molar-refractivity contribution in [2.75, 3.05) is 0 Å². The Balaban J connectivity index is 1.70. The molecular weight excluding hydrogens is 238 g/mol. The molecule has 1 saturated carbocycles. The van der Waals surface area contributed by atoms with Crippen LogP contribution in [0.2, 0.25) is 0 Å². The number of fused-ring (bicyclic) bond motifs is 1. The smallest absolute Gasteiger partial charge is 0.0333 e. The van der Waals surface area contributed by atoms with Gasteiger partial charge in [-0.3, -0.25) is 0 Å². The summed E-state index contributed by atoms with van der Waals surface area (Å²) in [5.74, 6) is 1.76. The van der Waals surface area contributed by atoms with Gasteiger partial charge in [0.25, 0.3) is 0 Å². The number of aryl methyl sites for hydroxylation is 1. The first kappa shape index (κ1) is 12.7. The second-order valence-electron chi connectivity index (χ2n) is 6.41. The van der Waals surface area contributed by atoms with E-state index < -0.39 is 0 Å². The highest BCUT2D eigenvalue weighted by molar-refractivity contribution is 7.10. The van der Waals surface area contributed by atoms with E-state index in [9.17, 15) is 0 Å². The minimum Gasteiger partial charge on any atom is -0.307 e. The maximum absolute atomic E-state index is 3.99. The average Bonchev–Trinajstić information content (AvgIpc) is 2.83. The molecule has 1 fully saturated rings. The van der Waals surface area contributed by atoms with Crippen molar-refractivity contribution in [2.45, 2.75) is 64.5 Å². The monoisotopic (exact) mass is 263 g/mol. The Morgan fingerprint density at radius 1 is 1.22 bits per heavy atom. The van der Waals surface area contributed by atoms with Gasteiger partial charge in [0.05, 0.1) is 0 Å². The lowest BCUT2D eigenvalue weighted by molar-refractivity contribution is 0.208. The molecule has 4 atom stereocenters. The second kappa shape index (κ2) is 5.34. The van der Waals surface area contributed by atoms with Crippen LogP contribution in [0.15, 0.2) is 11.4 Å². The fraction of sp³-hybridized carbons (Fsp3) is 0.750. The maximum atomic E-state index is 3.99. The van der Waals surface area contributed by atoms with Crippen LogP contribution in [0, 0.1) is 11.8 Å². The molecule has 1 aromatic heterocycles. The van der Waals surface area contributed by atoms with E-state index in [4.69, 9.17) is 0 Å². The Kier molecular flexibility index (Phi) is 3.76. The topological polar surface area (TPSA) is 12.0 Å². The zero-order valence-electron chi connectivity index (χ0n) is 11.6. The van der Waals surface area contributed by atoms with E-state index in [0.29, 0.717) is 6.04 Å². The normalized spacial score (nSPS) is 36.3. The summed E-state index contributed by atoms with van der Waals surface area (Å²) >= 11 is 1.95. The van der Waals surface area contributed by atoms with Crippen LogP contribution < -0.4 is 5.32 Å². The summed E-state index contributed by atoms with van der Waals surface area (Å²) in [4.78, 5) is 1.63. The summed E-state index contributed by atoms with van der Waals surface area (Å²) in [5.41, 5.74) is 1.61. The van der Waals surface area contributed by atoms with Gasteiger partial charge in [0.1, 0.15) is 0 Å². The summed E-state index contributed by atoms with van der Waals surface area (Å²) < 4.78 is 0. The summed E-state index contributed by atoms with van der Waals surface area (Å²) in [6.07, 6.45) is 8.21. The third-order valence-corrected chi connectivity index (χ3v) is 5.92. The molecule has 2 aliphatic carbocycles. The fourth-order valence-corrected chi connectivity index (χ4v) is 4.67. The standard InChI is InChI=1S/C16H25NS/c1-11-6-7-12(2)15(10-11)17-14-4-3-5-16-13(14)8-9-18-16/h8-9,11-12,14-15,17H,3-7,10H2,1-2H3. The van der Waals surface area contributed by atoms with Crippen LogP contribution in [-0.4, -0.2) is 6.04 Å². The number of hydrogen-bond acceptors (Lipinski definition) is 2. The Morgan fingerprint density at radius 2 is 2.11 bits per heavy atom. The number of thiophene rings is 1. The van der Waals surface area contributed by atoms with E-state index in [1.54, 1.807) is 10.4 Å². The van der Waals surface area contributed by atoms with Crippen molar-refractivity contribution in [3.63, 3.8) is 0 Å². The second-order valence-corrected chi connectivity index (χ2v) is 7.41. The van der Waals surface area contributed by atoms with E-state index >= 15 is 0 Å². The van der Waals surface area contributed by atoms with Gasteiger partial charge in [0.2, 0.25) is 0 Å². The molecule has 2 heteroatoms. The lowest BCUT2D eigenvalue weighted by Crippen LogP contribution is -2.42. The quantitative estimate of drug-likeness (QED) is 0.826. The predicted molar refractivity (Wildman–Crippen MR) is 79.1 cm³/mol. The molecule has 0 amide bonds. The Bertz CT molecular complexity index is 398. The molecule has 18 heavy (non-hydrogen) atoms. The van der Waals surface area contributed by atoms with Gasteiger partial charge in [0.15, 0.2) is 0 Å². The molecule has 0 saturated heterocycles. The Labute approximate surface area is 115 Å². The van der Waals surface area contributed by atoms with Crippen molar-refractivity contribution >= 4 is 11.3 Å². The van der Waals surface area contributed by atoms with Gasteiger partial charge in [0, 0.05) is 17.0 Å². The van der Waals surface area contributed by atoms with Crippen LogP contribution in [0.5, 0.6) is 0 Å².